The fraction of sp³-hybridized carbons (Fsp3) is 0.381. The molecule has 28 heavy (non-hydrogen) atoms. The van der Waals surface area contributed by atoms with E-state index in [1.807, 2.05) is 38.1 Å². The monoisotopic (exact) mass is 396 g/mol. The fourth-order valence-electron chi connectivity index (χ4n) is 3.76. The number of anilines is 1. The second kappa shape index (κ2) is 7.05. The highest BCUT2D eigenvalue weighted by molar-refractivity contribution is 7.17. The largest absolute Gasteiger partial charge is 0.340 e. The van der Waals surface area contributed by atoms with Gasteiger partial charge in [-0.25, -0.2) is 4.98 Å². The highest BCUT2D eigenvalue weighted by atomic mass is 32.1. The molecule has 0 spiro atoms. The molecule has 1 aliphatic rings. The molecule has 0 aliphatic carbocycles. The summed E-state index contributed by atoms with van der Waals surface area (Å²) in [5, 5.41) is 0. The molecule has 1 aliphatic heterocycles. The molecule has 3 heterocycles. The Morgan fingerprint density at radius 3 is 2.68 bits per heavy atom. The summed E-state index contributed by atoms with van der Waals surface area (Å²) < 4.78 is 2.07. The van der Waals surface area contributed by atoms with Crippen molar-refractivity contribution in [3.05, 3.63) is 52.3 Å². The number of hydrogen-bond donors (Lipinski definition) is 0. The van der Waals surface area contributed by atoms with Gasteiger partial charge in [0.1, 0.15) is 0 Å². The number of nitrogens with zero attached hydrogens (tertiary/aromatic N) is 4. The molecule has 2 amide bonds. The van der Waals surface area contributed by atoms with Crippen molar-refractivity contribution in [1.29, 1.82) is 0 Å². The smallest absolute Gasteiger partial charge is 0.228 e. The van der Waals surface area contributed by atoms with Crippen molar-refractivity contribution in [2.24, 2.45) is 5.92 Å². The van der Waals surface area contributed by atoms with E-state index in [2.05, 4.69) is 22.5 Å². The van der Waals surface area contributed by atoms with Gasteiger partial charge in [0.15, 0.2) is 4.96 Å². The topological polar surface area (TPSA) is 57.9 Å². The number of carbonyl (C=O) groups excluding carboxylic acids is 2. The highest BCUT2D eigenvalue weighted by Crippen LogP contribution is 2.27. The Morgan fingerprint density at radius 1 is 1.25 bits per heavy atom. The highest BCUT2D eigenvalue weighted by Gasteiger charge is 2.36. The van der Waals surface area contributed by atoms with Crippen LogP contribution in [0.5, 0.6) is 0 Å². The van der Waals surface area contributed by atoms with E-state index in [-0.39, 0.29) is 24.2 Å². The van der Waals surface area contributed by atoms with E-state index >= 15 is 0 Å². The number of rotatable bonds is 4. The molecule has 1 unspecified atom stereocenters. The summed E-state index contributed by atoms with van der Waals surface area (Å²) >= 11 is 1.64. The van der Waals surface area contributed by atoms with Crippen LogP contribution in [0.1, 0.15) is 28.2 Å². The number of aromatic nitrogens is 2. The van der Waals surface area contributed by atoms with Crippen LogP contribution in [0.3, 0.4) is 0 Å². The molecule has 6 nitrogen and oxygen atoms in total. The van der Waals surface area contributed by atoms with Crippen LogP contribution in [0.4, 0.5) is 5.69 Å². The van der Waals surface area contributed by atoms with Crippen molar-refractivity contribution in [3.8, 4) is 0 Å². The summed E-state index contributed by atoms with van der Waals surface area (Å²) in [6, 6.07) is 7.85. The van der Waals surface area contributed by atoms with Gasteiger partial charge in [0, 0.05) is 36.8 Å². The molecule has 2 aromatic heterocycles. The molecular weight excluding hydrogens is 372 g/mol. The van der Waals surface area contributed by atoms with Crippen LogP contribution in [0, 0.1) is 26.7 Å². The number of hydrogen-bond acceptors (Lipinski definition) is 4. The van der Waals surface area contributed by atoms with Crippen LogP contribution in [0.25, 0.3) is 4.96 Å². The van der Waals surface area contributed by atoms with E-state index in [0.29, 0.717) is 13.1 Å². The molecule has 1 fully saturated rings. The van der Waals surface area contributed by atoms with E-state index in [1.165, 1.54) is 4.88 Å². The Labute approximate surface area is 168 Å². The Hall–Kier alpha value is -2.67. The number of thiazole rings is 1. The predicted octanol–water partition coefficient (Wildman–Crippen LogP) is 3.33. The van der Waals surface area contributed by atoms with E-state index in [0.717, 1.165) is 27.6 Å². The number of fused-ring (bicyclic) bond motifs is 1. The maximum atomic E-state index is 13.0. The van der Waals surface area contributed by atoms with Gasteiger partial charge >= 0.3 is 0 Å². The zero-order chi connectivity index (χ0) is 20.0. The first kappa shape index (κ1) is 18.7. The average Bonchev–Trinajstić information content (AvgIpc) is 3.29. The van der Waals surface area contributed by atoms with Gasteiger partial charge in [-0.05, 0) is 32.9 Å². The van der Waals surface area contributed by atoms with Gasteiger partial charge in [-0.2, -0.15) is 0 Å². The van der Waals surface area contributed by atoms with Crippen LogP contribution in [-0.2, 0) is 16.1 Å². The summed E-state index contributed by atoms with van der Waals surface area (Å²) in [4.78, 5) is 35.7. The van der Waals surface area contributed by atoms with E-state index in [1.54, 1.807) is 28.2 Å². The van der Waals surface area contributed by atoms with Crippen LogP contribution < -0.4 is 4.90 Å². The Kier molecular flexibility index (Phi) is 4.71. The minimum atomic E-state index is -0.313. The minimum Gasteiger partial charge on any atom is -0.340 e. The SMILES string of the molecule is Cc1ccc(N2CC(C(=O)N(C)Cc3c(C)nc4sc(C)cn34)CC2=O)cc1. The molecular formula is C21H24N4O2S. The molecule has 0 N–H and O–H groups in total. The molecule has 1 aromatic carbocycles. The standard InChI is InChI=1S/C21H24N4O2S/c1-13-5-7-17(8-6-13)24-11-16(9-19(24)26)20(27)23(4)12-18-15(3)22-21-25(18)10-14(2)28-21/h5-8,10,16H,9,11-12H2,1-4H3. The third kappa shape index (κ3) is 3.30. The molecule has 1 atom stereocenters. The lowest BCUT2D eigenvalue weighted by molar-refractivity contribution is -0.135. The molecule has 3 aromatic rings. The second-order valence-corrected chi connectivity index (χ2v) is 8.79. The van der Waals surface area contributed by atoms with Gasteiger partial charge in [0.2, 0.25) is 11.8 Å². The quantitative estimate of drug-likeness (QED) is 0.680. The lowest BCUT2D eigenvalue weighted by Crippen LogP contribution is -2.34. The van der Waals surface area contributed by atoms with E-state index in [9.17, 15) is 9.59 Å². The summed E-state index contributed by atoms with van der Waals surface area (Å²) in [7, 11) is 1.80. The first-order valence-electron chi connectivity index (χ1n) is 9.39. The maximum absolute atomic E-state index is 13.0. The summed E-state index contributed by atoms with van der Waals surface area (Å²) in [5.41, 5.74) is 3.97. The van der Waals surface area contributed by atoms with Gasteiger partial charge in [0.25, 0.3) is 0 Å². The zero-order valence-electron chi connectivity index (χ0n) is 16.6. The molecule has 0 bridgehead atoms. The number of amides is 2. The molecule has 0 radical (unpaired) electrons. The van der Waals surface area contributed by atoms with Crippen LogP contribution in [0.15, 0.2) is 30.5 Å². The van der Waals surface area contributed by atoms with Gasteiger partial charge in [0.05, 0.1) is 23.9 Å². The molecule has 4 rings (SSSR count). The number of imidazole rings is 1. The van der Waals surface area contributed by atoms with Crippen LogP contribution in [0.2, 0.25) is 0 Å². The summed E-state index contributed by atoms with van der Waals surface area (Å²) in [6.45, 7) is 6.96. The normalized spacial score (nSPS) is 16.9. The predicted molar refractivity (Wildman–Crippen MR) is 111 cm³/mol. The molecule has 1 saturated heterocycles. The van der Waals surface area contributed by atoms with Crippen molar-refractivity contribution in [2.45, 2.75) is 33.7 Å². The lowest BCUT2D eigenvalue weighted by atomic mass is 10.1. The number of carbonyl (C=O) groups is 2. The summed E-state index contributed by atoms with van der Waals surface area (Å²) in [5.74, 6) is -0.303. The van der Waals surface area contributed by atoms with Crippen molar-refractivity contribution in [1.82, 2.24) is 14.3 Å². The third-order valence-corrected chi connectivity index (χ3v) is 6.22. The zero-order valence-corrected chi connectivity index (χ0v) is 17.4. The Morgan fingerprint density at radius 2 is 1.96 bits per heavy atom. The van der Waals surface area contributed by atoms with Gasteiger partial charge in [-0.15, -0.1) is 11.3 Å². The van der Waals surface area contributed by atoms with Gasteiger partial charge < -0.3 is 9.80 Å². The van der Waals surface area contributed by atoms with Gasteiger partial charge in [-0.1, -0.05) is 17.7 Å². The third-order valence-electron chi connectivity index (χ3n) is 5.32. The van der Waals surface area contributed by atoms with Crippen molar-refractivity contribution in [2.75, 3.05) is 18.5 Å². The first-order valence-corrected chi connectivity index (χ1v) is 10.2. The minimum absolute atomic E-state index is 0.00395. The van der Waals surface area contributed by atoms with Crippen molar-refractivity contribution in [3.63, 3.8) is 0 Å². The van der Waals surface area contributed by atoms with Crippen molar-refractivity contribution < 1.29 is 9.59 Å². The van der Waals surface area contributed by atoms with E-state index in [4.69, 9.17) is 0 Å². The van der Waals surface area contributed by atoms with Crippen LogP contribution >= 0.6 is 11.3 Å². The maximum Gasteiger partial charge on any atom is 0.228 e. The Balaban J connectivity index is 1.48. The average molecular weight is 397 g/mol. The first-order chi connectivity index (χ1) is 13.3. The number of benzene rings is 1. The summed E-state index contributed by atoms with van der Waals surface area (Å²) in [6.07, 6.45) is 2.32. The lowest BCUT2D eigenvalue weighted by Gasteiger charge is -2.21. The Bertz CT molecular complexity index is 1050. The molecule has 146 valence electrons. The fourth-order valence-corrected chi connectivity index (χ4v) is 4.65. The second-order valence-electron chi connectivity index (χ2n) is 7.57. The van der Waals surface area contributed by atoms with E-state index < -0.39 is 0 Å². The van der Waals surface area contributed by atoms with Crippen molar-refractivity contribution >= 4 is 33.8 Å². The molecule has 7 heteroatoms. The van der Waals surface area contributed by atoms with Crippen LogP contribution in [-0.4, -0.2) is 39.7 Å². The number of aryl methyl sites for hydroxylation is 3. The van der Waals surface area contributed by atoms with Gasteiger partial charge in [-0.3, -0.25) is 14.0 Å². The molecule has 0 saturated carbocycles.